The van der Waals surface area contributed by atoms with Gasteiger partial charge in [0.2, 0.25) is 0 Å². The summed E-state index contributed by atoms with van der Waals surface area (Å²) in [6, 6.07) is 14.6. The zero-order valence-corrected chi connectivity index (χ0v) is 20.6. The van der Waals surface area contributed by atoms with E-state index in [4.69, 9.17) is 9.47 Å². The number of nitrogens with zero attached hydrogens (tertiary/aromatic N) is 1. The molecule has 2 amide bonds. The third-order valence-corrected chi connectivity index (χ3v) is 7.06. The minimum Gasteiger partial charge on any atom is -0.497 e. The molecule has 2 aromatic carbocycles. The van der Waals surface area contributed by atoms with Crippen LogP contribution in [0.25, 0.3) is 0 Å². The number of allylic oxidation sites excluding steroid dienone is 1. The Morgan fingerprint density at radius 1 is 1.17 bits per heavy atom. The molecule has 184 valence electrons. The van der Waals surface area contributed by atoms with Crippen LogP contribution in [0.1, 0.15) is 51.1 Å². The number of amides is 2. The van der Waals surface area contributed by atoms with Gasteiger partial charge in [0.15, 0.2) is 5.78 Å². The maximum Gasteiger partial charge on any atom is 0.322 e. The smallest absolute Gasteiger partial charge is 0.322 e. The molecule has 1 fully saturated rings. The molecule has 3 aliphatic rings. The summed E-state index contributed by atoms with van der Waals surface area (Å²) in [5, 5.41) is 6.63. The van der Waals surface area contributed by atoms with Gasteiger partial charge in [-0.1, -0.05) is 38.1 Å². The molecule has 35 heavy (non-hydrogen) atoms. The first kappa shape index (κ1) is 23.4. The Kier molecular flexibility index (Phi) is 6.28. The van der Waals surface area contributed by atoms with Gasteiger partial charge in [-0.25, -0.2) is 4.79 Å². The van der Waals surface area contributed by atoms with Crippen molar-refractivity contribution in [3.05, 3.63) is 65.4 Å². The minimum absolute atomic E-state index is 0.0191. The normalized spacial score (nSPS) is 23.2. The number of benzene rings is 2. The fourth-order valence-corrected chi connectivity index (χ4v) is 5.40. The first-order valence-corrected chi connectivity index (χ1v) is 12.3. The van der Waals surface area contributed by atoms with E-state index in [1.54, 1.807) is 12.0 Å². The average Bonchev–Trinajstić information content (AvgIpc) is 3.31. The van der Waals surface area contributed by atoms with Gasteiger partial charge in [0.1, 0.15) is 5.75 Å². The monoisotopic (exact) mass is 475 g/mol. The quantitative estimate of drug-likeness (QED) is 0.635. The Balaban J connectivity index is 1.64. The van der Waals surface area contributed by atoms with Gasteiger partial charge in [-0.2, -0.15) is 0 Å². The highest BCUT2D eigenvalue weighted by Gasteiger charge is 2.43. The Hall–Kier alpha value is -3.32. The molecule has 7 nitrogen and oxygen atoms in total. The predicted molar refractivity (Wildman–Crippen MR) is 136 cm³/mol. The number of carbonyl (C=O) groups excluding carboxylic acids is 2. The predicted octanol–water partition coefficient (Wildman–Crippen LogP) is 5.20. The van der Waals surface area contributed by atoms with Crippen molar-refractivity contribution < 1.29 is 19.1 Å². The first-order chi connectivity index (χ1) is 16.9. The van der Waals surface area contributed by atoms with Crippen LogP contribution in [0.5, 0.6) is 5.75 Å². The van der Waals surface area contributed by atoms with Crippen molar-refractivity contribution in [2.45, 2.75) is 51.7 Å². The van der Waals surface area contributed by atoms with E-state index in [1.807, 2.05) is 48.5 Å². The minimum atomic E-state index is -0.569. The maximum atomic E-state index is 13.9. The lowest BCUT2D eigenvalue weighted by Crippen LogP contribution is -2.46. The van der Waals surface area contributed by atoms with Crippen LogP contribution in [-0.4, -0.2) is 38.2 Å². The summed E-state index contributed by atoms with van der Waals surface area (Å²) in [4.78, 5) is 29.3. The van der Waals surface area contributed by atoms with Crippen LogP contribution in [0, 0.1) is 5.41 Å². The molecule has 0 spiro atoms. The maximum absolute atomic E-state index is 13.9. The van der Waals surface area contributed by atoms with Crippen molar-refractivity contribution in [1.29, 1.82) is 0 Å². The van der Waals surface area contributed by atoms with Gasteiger partial charge >= 0.3 is 6.03 Å². The largest absolute Gasteiger partial charge is 0.497 e. The molecule has 2 heterocycles. The van der Waals surface area contributed by atoms with Crippen LogP contribution in [-0.2, 0) is 9.53 Å². The Bertz CT molecular complexity index is 1150. The third-order valence-electron chi connectivity index (χ3n) is 7.06. The summed E-state index contributed by atoms with van der Waals surface area (Å²) in [7, 11) is 1.62. The van der Waals surface area contributed by atoms with Crippen LogP contribution in [0.4, 0.5) is 16.2 Å². The molecule has 5 rings (SSSR count). The highest BCUT2D eigenvalue weighted by molar-refractivity contribution is 6.06. The van der Waals surface area contributed by atoms with Crippen molar-refractivity contribution >= 4 is 23.2 Å². The molecule has 0 saturated carbocycles. The number of rotatable bonds is 4. The van der Waals surface area contributed by atoms with E-state index in [0.717, 1.165) is 54.3 Å². The van der Waals surface area contributed by atoms with Crippen LogP contribution < -0.4 is 20.3 Å². The highest BCUT2D eigenvalue weighted by atomic mass is 16.5. The number of anilines is 2. The van der Waals surface area contributed by atoms with E-state index < -0.39 is 6.04 Å². The Labute approximate surface area is 206 Å². The summed E-state index contributed by atoms with van der Waals surface area (Å²) in [5.41, 5.74) is 3.77. The number of ketones is 1. The molecule has 0 aromatic heterocycles. The lowest BCUT2D eigenvalue weighted by Gasteiger charge is -2.37. The van der Waals surface area contributed by atoms with Crippen LogP contribution in [0.3, 0.4) is 0 Å². The molecule has 2 aliphatic heterocycles. The molecule has 2 aromatic rings. The summed E-state index contributed by atoms with van der Waals surface area (Å²) < 4.78 is 11.1. The van der Waals surface area contributed by atoms with Crippen LogP contribution in [0.2, 0.25) is 0 Å². The molecule has 0 radical (unpaired) electrons. The molecular formula is C28H33N3O4. The Morgan fingerprint density at radius 3 is 2.66 bits per heavy atom. The van der Waals surface area contributed by atoms with Crippen molar-refractivity contribution in [2.24, 2.45) is 5.41 Å². The molecular weight excluding hydrogens is 442 g/mol. The zero-order valence-electron chi connectivity index (χ0n) is 20.6. The first-order valence-electron chi connectivity index (χ1n) is 12.3. The van der Waals surface area contributed by atoms with E-state index in [9.17, 15) is 9.59 Å². The van der Waals surface area contributed by atoms with Gasteiger partial charge in [-0.05, 0) is 54.5 Å². The standard InChI is InChI=1S/C28H33N3O4/c1-28(2)15-22-25(24(32)16-28)26(18-10-12-19(34-3)13-11-18)31(23-9-5-4-8-21(23)30-22)27(33)29-17-20-7-6-14-35-20/h4-5,8-13,20,26,30H,6-7,14-17H2,1-3H3,(H,29,33). The number of methoxy groups -OCH3 is 1. The molecule has 7 heteroatoms. The summed E-state index contributed by atoms with van der Waals surface area (Å²) in [5.74, 6) is 0.787. The number of ether oxygens (including phenoxy) is 2. The summed E-state index contributed by atoms with van der Waals surface area (Å²) in [6.07, 6.45) is 3.11. The second-order valence-electron chi connectivity index (χ2n) is 10.3. The van der Waals surface area contributed by atoms with Crippen LogP contribution >= 0.6 is 0 Å². The fourth-order valence-electron chi connectivity index (χ4n) is 5.40. The lowest BCUT2D eigenvalue weighted by atomic mass is 9.73. The van der Waals surface area contributed by atoms with Gasteiger partial charge in [0.05, 0.1) is 30.6 Å². The second-order valence-corrected chi connectivity index (χ2v) is 10.3. The van der Waals surface area contributed by atoms with Crippen molar-refractivity contribution in [3.8, 4) is 5.75 Å². The number of urea groups is 1. The molecule has 1 aliphatic carbocycles. The highest BCUT2D eigenvalue weighted by Crippen LogP contribution is 2.48. The molecule has 2 N–H and O–H groups in total. The SMILES string of the molecule is COc1ccc(C2C3=C(CC(C)(C)CC3=O)Nc3ccccc3N2C(=O)NCC2CCCO2)cc1. The molecule has 2 unspecified atom stereocenters. The molecule has 1 saturated heterocycles. The summed E-state index contributed by atoms with van der Waals surface area (Å²) >= 11 is 0. The van der Waals surface area contributed by atoms with Gasteiger partial charge in [0, 0.05) is 30.8 Å². The molecule has 0 bridgehead atoms. The average molecular weight is 476 g/mol. The van der Waals surface area contributed by atoms with Gasteiger partial charge in [-0.3, -0.25) is 9.69 Å². The number of hydrogen-bond acceptors (Lipinski definition) is 5. The van der Waals surface area contributed by atoms with Crippen molar-refractivity contribution in [3.63, 3.8) is 0 Å². The number of nitrogens with one attached hydrogen (secondary N) is 2. The number of Topliss-reactive ketones (excluding diaryl/α,β-unsaturated/α-hetero) is 1. The topological polar surface area (TPSA) is 79.9 Å². The lowest BCUT2D eigenvalue weighted by molar-refractivity contribution is -0.118. The van der Waals surface area contributed by atoms with E-state index in [2.05, 4.69) is 24.5 Å². The Morgan fingerprint density at radius 2 is 1.94 bits per heavy atom. The van der Waals surface area contributed by atoms with Gasteiger partial charge < -0.3 is 20.1 Å². The van der Waals surface area contributed by atoms with Gasteiger partial charge in [-0.15, -0.1) is 0 Å². The molecule has 2 atom stereocenters. The van der Waals surface area contributed by atoms with Gasteiger partial charge in [0.25, 0.3) is 0 Å². The number of hydrogen-bond donors (Lipinski definition) is 2. The van der Waals surface area contributed by atoms with E-state index in [0.29, 0.717) is 18.5 Å². The zero-order chi connectivity index (χ0) is 24.6. The number of para-hydroxylation sites is 2. The number of fused-ring (bicyclic) bond motifs is 1. The van der Waals surface area contributed by atoms with Crippen molar-refractivity contribution in [1.82, 2.24) is 5.32 Å². The fraction of sp³-hybridized carbons (Fsp3) is 0.429. The van der Waals surface area contributed by atoms with E-state index in [-0.39, 0.29) is 23.3 Å². The third kappa shape index (κ3) is 4.65. The number of carbonyl (C=O) groups is 2. The van der Waals surface area contributed by atoms with E-state index in [1.165, 1.54) is 0 Å². The second kappa shape index (κ2) is 9.38. The summed E-state index contributed by atoms with van der Waals surface area (Å²) in [6.45, 7) is 5.39. The van der Waals surface area contributed by atoms with Crippen LogP contribution in [0.15, 0.2) is 59.8 Å². The van der Waals surface area contributed by atoms with E-state index >= 15 is 0 Å². The van der Waals surface area contributed by atoms with Crippen molar-refractivity contribution in [2.75, 3.05) is 30.5 Å².